The van der Waals surface area contributed by atoms with Gasteiger partial charge in [0.15, 0.2) is 0 Å². The number of likely N-dealkylation sites (N-methyl/N-ethyl adjacent to an activating group) is 1. The van der Waals surface area contributed by atoms with E-state index in [0.29, 0.717) is 6.04 Å². The second-order valence-electron chi connectivity index (χ2n) is 6.32. The van der Waals surface area contributed by atoms with E-state index in [9.17, 15) is 0 Å². The second-order valence-corrected chi connectivity index (χ2v) is 6.32. The van der Waals surface area contributed by atoms with Crippen molar-refractivity contribution in [2.75, 3.05) is 20.3 Å². The van der Waals surface area contributed by atoms with Crippen molar-refractivity contribution in [3.8, 4) is 0 Å². The topological polar surface area (TPSA) is 30.5 Å². The number of ether oxygens (including phenoxy) is 2. The average molecular weight is 271 g/mol. The summed E-state index contributed by atoms with van der Waals surface area (Å²) in [6.07, 6.45) is 7.19. The molecule has 3 heteroatoms. The van der Waals surface area contributed by atoms with Crippen LogP contribution in [-0.4, -0.2) is 37.5 Å². The van der Waals surface area contributed by atoms with E-state index in [0.717, 1.165) is 26.0 Å². The maximum atomic E-state index is 6.20. The third-order valence-corrected chi connectivity index (χ3v) is 4.55. The molecule has 1 fully saturated rings. The lowest BCUT2D eigenvalue weighted by molar-refractivity contribution is -0.0696. The number of hydrogen-bond acceptors (Lipinski definition) is 3. The van der Waals surface area contributed by atoms with Crippen LogP contribution in [0.25, 0.3) is 0 Å². The smallest absolute Gasteiger partial charge is 0.0834 e. The summed E-state index contributed by atoms with van der Waals surface area (Å²) >= 11 is 0. The predicted octanol–water partition coefficient (Wildman–Crippen LogP) is 3.52. The van der Waals surface area contributed by atoms with Gasteiger partial charge in [-0.3, -0.25) is 0 Å². The van der Waals surface area contributed by atoms with Gasteiger partial charge >= 0.3 is 0 Å². The normalized spacial score (nSPS) is 20.7. The Labute approximate surface area is 119 Å². The first-order valence-electron chi connectivity index (χ1n) is 7.92. The first kappa shape index (κ1) is 16.9. The van der Waals surface area contributed by atoms with E-state index in [1.807, 2.05) is 0 Å². The molecule has 1 unspecified atom stereocenters. The molecular formula is C16H33NO2. The molecule has 1 N–H and O–H groups in total. The van der Waals surface area contributed by atoms with Crippen LogP contribution in [0.4, 0.5) is 0 Å². The van der Waals surface area contributed by atoms with Crippen LogP contribution in [0.3, 0.4) is 0 Å². The third kappa shape index (κ3) is 4.73. The van der Waals surface area contributed by atoms with Gasteiger partial charge in [0.05, 0.1) is 11.2 Å². The van der Waals surface area contributed by atoms with Gasteiger partial charge in [0.1, 0.15) is 0 Å². The van der Waals surface area contributed by atoms with E-state index in [4.69, 9.17) is 9.47 Å². The Hall–Kier alpha value is -0.120. The van der Waals surface area contributed by atoms with Gasteiger partial charge in [0.25, 0.3) is 0 Å². The summed E-state index contributed by atoms with van der Waals surface area (Å²) in [5, 5.41) is 3.67. The zero-order valence-corrected chi connectivity index (χ0v) is 13.6. The molecule has 0 bridgehead atoms. The van der Waals surface area contributed by atoms with Gasteiger partial charge in [0, 0.05) is 19.8 Å². The Bertz CT molecular complexity index is 247. The lowest BCUT2D eigenvalue weighted by Crippen LogP contribution is -2.51. The minimum atomic E-state index is -0.0420. The van der Waals surface area contributed by atoms with E-state index in [1.54, 1.807) is 7.11 Å². The highest BCUT2D eigenvalue weighted by Gasteiger charge is 2.42. The van der Waals surface area contributed by atoms with Crippen LogP contribution in [0.2, 0.25) is 0 Å². The Morgan fingerprint density at radius 2 is 1.84 bits per heavy atom. The summed E-state index contributed by atoms with van der Waals surface area (Å²) in [6.45, 7) is 10.4. The van der Waals surface area contributed by atoms with E-state index in [2.05, 4.69) is 33.0 Å². The van der Waals surface area contributed by atoms with Gasteiger partial charge in [0.2, 0.25) is 0 Å². The zero-order valence-electron chi connectivity index (χ0n) is 13.6. The lowest BCUT2D eigenvalue weighted by atomic mass is 9.86. The SMILES string of the molecule is CCNC(CCC(C)(C)OC)C1(OCC)CCCC1. The molecular weight excluding hydrogens is 238 g/mol. The number of nitrogens with one attached hydrogen (secondary N) is 1. The molecule has 1 atom stereocenters. The van der Waals surface area contributed by atoms with Crippen LogP contribution in [0, 0.1) is 0 Å². The molecule has 0 saturated heterocycles. The molecule has 1 rings (SSSR count). The number of methoxy groups -OCH3 is 1. The highest BCUT2D eigenvalue weighted by molar-refractivity contribution is 4.97. The molecule has 0 aromatic heterocycles. The minimum absolute atomic E-state index is 0.0420. The van der Waals surface area contributed by atoms with Crippen molar-refractivity contribution in [3.63, 3.8) is 0 Å². The summed E-state index contributed by atoms with van der Waals surface area (Å²) in [6, 6.07) is 0.453. The van der Waals surface area contributed by atoms with Gasteiger partial charge in [-0.25, -0.2) is 0 Å². The van der Waals surface area contributed by atoms with Crippen LogP contribution >= 0.6 is 0 Å². The molecule has 19 heavy (non-hydrogen) atoms. The van der Waals surface area contributed by atoms with E-state index in [-0.39, 0.29) is 11.2 Å². The van der Waals surface area contributed by atoms with Crippen molar-refractivity contribution in [2.24, 2.45) is 0 Å². The highest BCUT2D eigenvalue weighted by atomic mass is 16.5. The fraction of sp³-hybridized carbons (Fsp3) is 1.00. The quantitative estimate of drug-likeness (QED) is 0.696. The van der Waals surface area contributed by atoms with Crippen LogP contribution in [0.1, 0.15) is 66.2 Å². The fourth-order valence-electron chi connectivity index (χ4n) is 3.25. The predicted molar refractivity (Wildman–Crippen MR) is 80.6 cm³/mol. The molecule has 0 spiro atoms. The molecule has 1 aliphatic carbocycles. The summed E-state index contributed by atoms with van der Waals surface area (Å²) in [7, 11) is 1.80. The van der Waals surface area contributed by atoms with Crippen molar-refractivity contribution < 1.29 is 9.47 Å². The standard InChI is InChI=1S/C16H33NO2/c1-6-17-14(10-13-15(3,4)18-5)16(19-7-2)11-8-9-12-16/h14,17H,6-13H2,1-5H3. The average Bonchev–Trinajstić information content (AvgIpc) is 2.84. The Balaban J connectivity index is 2.68. The Morgan fingerprint density at radius 1 is 1.21 bits per heavy atom. The number of rotatable bonds is 9. The van der Waals surface area contributed by atoms with Crippen molar-refractivity contribution >= 4 is 0 Å². The summed E-state index contributed by atoms with van der Waals surface area (Å²) in [5.41, 5.74) is 0.0221. The van der Waals surface area contributed by atoms with Crippen LogP contribution in [0.5, 0.6) is 0 Å². The Morgan fingerprint density at radius 3 is 2.32 bits per heavy atom. The molecule has 3 nitrogen and oxygen atoms in total. The lowest BCUT2D eigenvalue weighted by Gasteiger charge is -2.39. The van der Waals surface area contributed by atoms with Gasteiger partial charge in [-0.05, 0) is 53.0 Å². The van der Waals surface area contributed by atoms with Crippen molar-refractivity contribution in [1.29, 1.82) is 0 Å². The summed E-state index contributed by atoms with van der Waals surface area (Å²) in [5.74, 6) is 0. The largest absolute Gasteiger partial charge is 0.379 e. The first-order chi connectivity index (χ1) is 8.99. The summed E-state index contributed by atoms with van der Waals surface area (Å²) < 4.78 is 11.8. The van der Waals surface area contributed by atoms with Gasteiger partial charge in [-0.2, -0.15) is 0 Å². The van der Waals surface area contributed by atoms with E-state index in [1.165, 1.54) is 25.7 Å². The molecule has 1 saturated carbocycles. The maximum absolute atomic E-state index is 6.20. The van der Waals surface area contributed by atoms with Gasteiger partial charge in [-0.15, -0.1) is 0 Å². The van der Waals surface area contributed by atoms with Gasteiger partial charge in [-0.1, -0.05) is 19.8 Å². The van der Waals surface area contributed by atoms with Crippen molar-refractivity contribution in [2.45, 2.75) is 83.5 Å². The molecule has 0 radical (unpaired) electrons. The van der Waals surface area contributed by atoms with Crippen LogP contribution in [-0.2, 0) is 9.47 Å². The second kappa shape index (κ2) is 7.61. The minimum Gasteiger partial charge on any atom is -0.379 e. The van der Waals surface area contributed by atoms with E-state index < -0.39 is 0 Å². The highest BCUT2D eigenvalue weighted by Crippen LogP contribution is 2.38. The summed E-state index contributed by atoms with van der Waals surface area (Å²) in [4.78, 5) is 0. The molecule has 0 aliphatic heterocycles. The third-order valence-electron chi connectivity index (χ3n) is 4.55. The van der Waals surface area contributed by atoms with Crippen molar-refractivity contribution in [1.82, 2.24) is 5.32 Å². The molecule has 1 aliphatic rings. The fourth-order valence-corrected chi connectivity index (χ4v) is 3.25. The maximum Gasteiger partial charge on any atom is 0.0834 e. The first-order valence-corrected chi connectivity index (χ1v) is 7.92. The van der Waals surface area contributed by atoms with Gasteiger partial charge < -0.3 is 14.8 Å². The molecule has 0 aromatic carbocycles. The number of hydrogen-bond donors (Lipinski definition) is 1. The molecule has 0 aromatic rings. The van der Waals surface area contributed by atoms with E-state index >= 15 is 0 Å². The molecule has 114 valence electrons. The van der Waals surface area contributed by atoms with Crippen molar-refractivity contribution in [3.05, 3.63) is 0 Å². The Kier molecular flexibility index (Phi) is 6.78. The molecule has 0 heterocycles. The molecule has 0 amide bonds. The zero-order chi connectivity index (χ0) is 14.4. The van der Waals surface area contributed by atoms with Crippen LogP contribution in [0.15, 0.2) is 0 Å². The van der Waals surface area contributed by atoms with Crippen LogP contribution < -0.4 is 5.32 Å². The monoisotopic (exact) mass is 271 g/mol.